The van der Waals surface area contributed by atoms with E-state index in [9.17, 15) is 4.79 Å². The van der Waals surface area contributed by atoms with Crippen LogP contribution >= 0.6 is 11.8 Å². The molecule has 4 rings (SSSR count). The SMILES string of the molecule is CSc1cncc(-c2cccc(CN(Cc3ccc(-c4ccc(C)nc4)cc3)C(N)=O)c2)c1. The van der Waals surface area contributed by atoms with Crippen LogP contribution in [0.25, 0.3) is 22.3 Å². The molecular formula is C27H26N4OS. The molecule has 0 spiro atoms. The first-order valence-electron chi connectivity index (χ1n) is 10.7. The second-order valence-corrected chi connectivity index (χ2v) is 8.77. The number of thioether (sulfide) groups is 1. The van der Waals surface area contributed by atoms with Gasteiger partial charge in [-0.3, -0.25) is 9.97 Å². The van der Waals surface area contributed by atoms with Gasteiger partial charge in [-0.1, -0.05) is 48.5 Å². The lowest BCUT2D eigenvalue weighted by atomic mass is 10.0. The standard InChI is InChI=1S/C27H26N4OS/c1-19-6-9-24(15-30-19)22-10-7-20(8-11-22)17-31(27(28)32)18-21-4-3-5-23(12-21)25-13-26(33-2)16-29-14-25/h3-16H,17-18H2,1-2H3,(H2,28,32). The highest BCUT2D eigenvalue weighted by molar-refractivity contribution is 7.98. The van der Waals surface area contributed by atoms with E-state index in [0.29, 0.717) is 13.1 Å². The van der Waals surface area contributed by atoms with Crippen LogP contribution in [0.4, 0.5) is 4.79 Å². The molecule has 2 N–H and O–H groups in total. The average molecular weight is 455 g/mol. The summed E-state index contributed by atoms with van der Waals surface area (Å²) in [5.41, 5.74) is 13.0. The molecule has 2 aromatic carbocycles. The van der Waals surface area contributed by atoms with Gasteiger partial charge in [0.15, 0.2) is 0 Å². The highest BCUT2D eigenvalue weighted by Crippen LogP contribution is 2.25. The lowest BCUT2D eigenvalue weighted by Crippen LogP contribution is -2.34. The van der Waals surface area contributed by atoms with Crippen molar-refractivity contribution in [2.24, 2.45) is 5.73 Å². The van der Waals surface area contributed by atoms with Gasteiger partial charge in [0, 0.05) is 53.4 Å². The molecule has 0 aliphatic heterocycles. The van der Waals surface area contributed by atoms with Gasteiger partial charge < -0.3 is 10.6 Å². The fraction of sp³-hybridized carbons (Fsp3) is 0.148. The summed E-state index contributed by atoms with van der Waals surface area (Å²) in [4.78, 5) is 23.6. The summed E-state index contributed by atoms with van der Waals surface area (Å²) in [6, 6.07) is 22.0. The predicted molar refractivity (Wildman–Crippen MR) is 135 cm³/mol. The second kappa shape index (κ2) is 10.3. The largest absolute Gasteiger partial charge is 0.351 e. The van der Waals surface area contributed by atoms with Crippen molar-refractivity contribution in [3.63, 3.8) is 0 Å². The average Bonchev–Trinajstić information content (AvgIpc) is 2.85. The van der Waals surface area contributed by atoms with Crippen LogP contribution in [-0.2, 0) is 13.1 Å². The van der Waals surface area contributed by atoms with Crippen LogP contribution < -0.4 is 5.73 Å². The highest BCUT2D eigenvalue weighted by atomic mass is 32.2. The number of aromatic nitrogens is 2. The van der Waals surface area contributed by atoms with Crippen molar-refractivity contribution in [1.82, 2.24) is 14.9 Å². The van der Waals surface area contributed by atoms with Crippen molar-refractivity contribution in [1.29, 1.82) is 0 Å². The summed E-state index contributed by atoms with van der Waals surface area (Å²) in [6.07, 6.45) is 7.62. The van der Waals surface area contributed by atoms with Crippen molar-refractivity contribution in [2.45, 2.75) is 24.9 Å². The summed E-state index contributed by atoms with van der Waals surface area (Å²) in [5, 5.41) is 0. The third-order valence-corrected chi connectivity index (χ3v) is 6.16. The number of pyridine rings is 2. The molecule has 2 aromatic heterocycles. The number of primary amides is 1. The molecule has 0 atom stereocenters. The fourth-order valence-corrected chi connectivity index (χ4v) is 4.04. The molecule has 166 valence electrons. The van der Waals surface area contributed by atoms with E-state index in [0.717, 1.165) is 44.0 Å². The van der Waals surface area contributed by atoms with Crippen LogP contribution in [0, 0.1) is 6.92 Å². The molecule has 4 aromatic rings. The number of hydrogen-bond acceptors (Lipinski definition) is 4. The second-order valence-electron chi connectivity index (χ2n) is 7.89. The number of urea groups is 1. The highest BCUT2D eigenvalue weighted by Gasteiger charge is 2.12. The van der Waals surface area contributed by atoms with Crippen LogP contribution in [-0.4, -0.2) is 27.2 Å². The Hall–Kier alpha value is -3.64. The zero-order valence-corrected chi connectivity index (χ0v) is 19.5. The number of aryl methyl sites for hydroxylation is 1. The number of carbonyl (C=O) groups excluding carboxylic acids is 1. The van der Waals surface area contributed by atoms with Gasteiger partial charge in [-0.15, -0.1) is 11.8 Å². The zero-order valence-electron chi connectivity index (χ0n) is 18.7. The van der Waals surface area contributed by atoms with Crippen molar-refractivity contribution < 1.29 is 4.79 Å². The van der Waals surface area contributed by atoms with Crippen molar-refractivity contribution in [2.75, 3.05) is 6.26 Å². The summed E-state index contributed by atoms with van der Waals surface area (Å²) in [5.74, 6) is 0. The van der Waals surface area contributed by atoms with E-state index in [-0.39, 0.29) is 0 Å². The predicted octanol–water partition coefficient (Wildman–Crippen LogP) is 5.92. The number of amides is 2. The minimum Gasteiger partial charge on any atom is -0.351 e. The Morgan fingerprint density at radius 3 is 2.30 bits per heavy atom. The molecule has 0 radical (unpaired) electrons. The van der Waals surface area contributed by atoms with E-state index in [1.54, 1.807) is 16.7 Å². The van der Waals surface area contributed by atoms with Gasteiger partial charge in [-0.05, 0) is 53.6 Å². The number of rotatable bonds is 7. The zero-order chi connectivity index (χ0) is 23.2. The Morgan fingerprint density at radius 2 is 1.61 bits per heavy atom. The monoisotopic (exact) mass is 454 g/mol. The first kappa shape index (κ1) is 22.6. The minimum absolute atomic E-state index is 0.433. The maximum Gasteiger partial charge on any atom is 0.315 e. The van der Waals surface area contributed by atoms with Gasteiger partial charge in [-0.2, -0.15) is 0 Å². The first-order valence-corrected chi connectivity index (χ1v) is 11.9. The molecule has 0 saturated heterocycles. The third-order valence-electron chi connectivity index (χ3n) is 5.47. The quantitative estimate of drug-likeness (QED) is 0.352. The van der Waals surface area contributed by atoms with Gasteiger partial charge >= 0.3 is 6.03 Å². The molecule has 0 bridgehead atoms. The molecule has 0 aliphatic carbocycles. The number of benzene rings is 2. The molecule has 6 heteroatoms. The lowest BCUT2D eigenvalue weighted by Gasteiger charge is -2.21. The summed E-state index contributed by atoms with van der Waals surface area (Å²) < 4.78 is 0. The van der Waals surface area contributed by atoms with Crippen molar-refractivity contribution >= 4 is 17.8 Å². The van der Waals surface area contributed by atoms with Crippen LogP contribution in [0.15, 0.2) is 90.2 Å². The van der Waals surface area contributed by atoms with E-state index in [4.69, 9.17) is 5.73 Å². The number of nitrogens with zero attached hydrogens (tertiary/aromatic N) is 3. The minimum atomic E-state index is -0.446. The fourth-order valence-electron chi connectivity index (χ4n) is 3.63. The Bertz CT molecular complexity index is 1240. The van der Waals surface area contributed by atoms with Crippen molar-refractivity contribution in [3.05, 3.63) is 102 Å². The summed E-state index contributed by atoms with van der Waals surface area (Å²) >= 11 is 1.66. The molecule has 33 heavy (non-hydrogen) atoms. The van der Waals surface area contributed by atoms with E-state index >= 15 is 0 Å². The van der Waals surface area contributed by atoms with E-state index in [2.05, 4.69) is 34.2 Å². The van der Waals surface area contributed by atoms with Crippen molar-refractivity contribution in [3.8, 4) is 22.3 Å². The Balaban J connectivity index is 1.49. The molecular weight excluding hydrogens is 428 g/mol. The lowest BCUT2D eigenvalue weighted by molar-refractivity contribution is 0.202. The maximum absolute atomic E-state index is 12.2. The number of hydrogen-bond donors (Lipinski definition) is 1. The molecule has 0 unspecified atom stereocenters. The molecule has 2 amide bonds. The third kappa shape index (κ3) is 5.79. The molecule has 0 aliphatic rings. The summed E-state index contributed by atoms with van der Waals surface area (Å²) in [6.45, 7) is 2.84. The Labute approximate surface area is 198 Å². The van der Waals surface area contributed by atoms with Gasteiger partial charge in [0.25, 0.3) is 0 Å². The Kier molecular flexibility index (Phi) is 7.05. The smallest absolute Gasteiger partial charge is 0.315 e. The van der Waals surface area contributed by atoms with E-state index in [1.807, 2.05) is 74.2 Å². The van der Waals surface area contributed by atoms with Gasteiger partial charge in [0.05, 0.1) is 0 Å². The maximum atomic E-state index is 12.2. The Morgan fingerprint density at radius 1 is 0.848 bits per heavy atom. The van der Waals surface area contributed by atoms with Gasteiger partial charge in [0.1, 0.15) is 0 Å². The van der Waals surface area contributed by atoms with Crippen LogP contribution in [0.2, 0.25) is 0 Å². The van der Waals surface area contributed by atoms with Gasteiger partial charge in [-0.25, -0.2) is 4.79 Å². The summed E-state index contributed by atoms with van der Waals surface area (Å²) in [7, 11) is 0. The topological polar surface area (TPSA) is 72.1 Å². The van der Waals surface area contributed by atoms with E-state index < -0.39 is 6.03 Å². The van der Waals surface area contributed by atoms with Crippen LogP contribution in [0.3, 0.4) is 0 Å². The molecule has 0 saturated carbocycles. The van der Waals surface area contributed by atoms with Crippen LogP contribution in [0.1, 0.15) is 16.8 Å². The normalized spacial score (nSPS) is 10.7. The molecule has 2 heterocycles. The number of nitrogens with two attached hydrogens (primary N) is 1. The molecule has 5 nitrogen and oxygen atoms in total. The van der Waals surface area contributed by atoms with E-state index in [1.165, 1.54) is 0 Å². The number of carbonyl (C=O) groups is 1. The molecule has 0 fully saturated rings. The van der Waals surface area contributed by atoms with Gasteiger partial charge in [0.2, 0.25) is 0 Å². The first-order chi connectivity index (χ1) is 16.0. The van der Waals surface area contributed by atoms with Crippen LogP contribution in [0.5, 0.6) is 0 Å².